The van der Waals surface area contributed by atoms with Crippen molar-refractivity contribution in [3.8, 4) is 23.2 Å². The highest BCUT2D eigenvalue weighted by atomic mass is 35.5. The van der Waals surface area contributed by atoms with Crippen LogP contribution in [0.2, 0.25) is 10.0 Å². The molecule has 0 aliphatic carbocycles. The first-order chi connectivity index (χ1) is 32.0. The number of anilines is 1. The first-order valence-electron chi connectivity index (χ1n) is 19.1. The molecule has 3 heterocycles. The van der Waals surface area contributed by atoms with E-state index in [4.69, 9.17) is 58.9 Å². The Morgan fingerprint density at radius 3 is 2.25 bits per heavy atom. The third-order valence-corrected chi connectivity index (χ3v) is 10.4. The number of methoxy groups -OCH3 is 1. The Morgan fingerprint density at radius 1 is 0.912 bits per heavy atom. The van der Waals surface area contributed by atoms with Crippen LogP contribution in [0.25, 0.3) is 16.6 Å². The predicted molar refractivity (Wildman–Crippen MR) is 241 cm³/mol. The lowest BCUT2D eigenvalue weighted by Gasteiger charge is -2.15. The fraction of sp³-hybridized carbons (Fsp3) is 0.244. The molecule has 0 spiro atoms. The monoisotopic (exact) mass is 1030 g/mol. The summed E-state index contributed by atoms with van der Waals surface area (Å²) in [5.41, 5.74) is -3.44. The Bertz CT molecular complexity index is 3050. The number of alkyl halides is 4. The number of aromatic nitrogens is 6. The van der Waals surface area contributed by atoms with Gasteiger partial charge in [-0.3, -0.25) is 19.7 Å². The van der Waals surface area contributed by atoms with Crippen LogP contribution in [0.4, 0.5) is 23.9 Å². The van der Waals surface area contributed by atoms with Gasteiger partial charge in [0.25, 0.3) is 15.6 Å². The highest BCUT2D eigenvalue weighted by molar-refractivity contribution is 7.90. The van der Waals surface area contributed by atoms with Gasteiger partial charge in [-0.25, -0.2) is 36.9 Å². The van der Waals surface area contributed by atoms with Gasteiger partial charge in [0.05, 0.1) is 40.4 Å². The second-order valence-electron chi connectivity index (χ2n) is 13.5. The number of carbonyl (C=O) groups excluding carboxylic acids is 2. The Balaban J connectivity index is 0.000000229. The minimum atomic E-state index is -4.86. The number of sulfonamides is 1. The number of nitrogens with one attached hydrogen (secondary N) is 2. The molecule has 0 saturated heterocycles. The van der Waals surface area contributed by atoms with Gasteiger partial charge in [0.15, 0.2) is 6.61 Å². The molecule has 3 N–H and O–H groups in total. The molecule has 0 bridgehead atoms. The van der Waals surface area contributed by atoms with Crippen LogP contribution in [-0.2, 0) is 32.8 Å². The second-order valence-corrected chi connectivity index (χ2v) is 16.4. The molecular formula is C41H38Cl3F3N8O12S. The van der Waals surface area contributed by atoms with E-state index in [0.717, 1.165) is 18.5 Å². The summed E-state index contributed by atoms with van der Waals surface area (Å²) in [6.07, 6.45) is -3.70. The molecule has 0 aliphatic heterocycles. The van der Waals surface area contributed by atoms with Crippen LogP contribution < -0.4 is 35.5 Å². The van der Waals surface area contributed by atoms with E-state index in [1.807, 2.05) is 4.72 Å². The highest BCUT2D eigenvalue weighted by Gasteiger charge is 2.35. The minimum Gasteiger partial charge on any atom is -0.491 e. The van der Waals surface area contributed by atoms with Gasteiger partial charge in [-0.1, -0.05) is 35.3 Å². The molecule has 6 aromatic rings. The molecular weight excluding hydrogens is 992 g/mol. The van der Waals surface area contributed by atoms with E-state index in [1.165, 1.54) is 37.4 Å². The summed E-state index contributed by atoms with van der Waals surface area (Å²) in [6, 6.07) is 15.5. The number of pyridine rings is 1. The summed E-state index contributed by atoms with van der Waals surface area (Å²) in [7, 11) is -1.96. The molecule has 362 valence electrons. The number of carboxylic acids is 1. The van der Waals surface area contributed by atoms with Crippen molar-refractivity contribution in [2.75, 3.05) is 31.5 Å². The average Bonchev–Trinajstić information content (AvgIpc) is 3.26. The van der Waals surface area contributed by atoms with Crippen molar-refractivity contribution in [3.63, 3.8) is 0 Å². The zero-order chi connectivity index (χ0) is 50.5. The van der Waals surface area contributed by atoms with Crippen LogP contribution in [0.15, 0.2) is 93.5 Å². The average molecular weight is 1030 g/mol. The maximum absolute atomic E-state index is 12.9. The third kappa shape index (κ3) is 14.5. The number of urea groups is 1. The molecule has 0 unspecified atom stereocenters. The number of esters is 1. The fourth-order valence-electron chi connectivity index (χ4n) is 5.44. The first-order valence-corrected chi connectivity index (χ1v) is 21.9. The van der Waals surface area contributed by atoms with Crippen LogP contribution in [0.3, 0.4) is 0 Å². The number of fused-ring (bicyclic) bond motifs is 1. The number of hydrogen-bond donors (Lipinski definition) is 3. The molecule has 20 nitrogen and oxygen atoms in total. The largest absolute Gasteiger partial charge is 0.491 e. The predicted octanol–water partition coefficient (Wildman–Crippen LogP) is 6.44. The van der Waals surface area contributed by atoms with Crippen molar-refractivity contribution < 1.29 is 60.0 Å². The van der Waals surface area contributed by atoms with Crippen molar-refractivity contribution in [1.82, 2.24) is 33.8 Å². The van der Waals surface area contributed by atoms with Crippen molar-refractivity contribution in [2.24, 2.45) is 7.05 Å². The van der Waals surface area contributed by atoms with Crippen molar-refractivity contribution in [1.29, 1.82) is 0 Å². The van der Waals surface area contributed by atoms with E-state index < -0.39 is 63.8 Å². The number of hydrogen-bond acceptors (Lipinski definition) is 15. The Morgan fingerprint density at radius 2 is 1.60 bits per heavy atom. The van der Waals surface area contributed by atoms with Crippen LogP contribution in [0.1, 0.15) is 35.7 Å². The maximum Gasteiger partial charge on any atom is 0.431 e. The van der Waals surface area contributed by atoms with Gasteiger partial charge in [-0.15, -0.1) is 11.6 Å². The fourth-order valence-corrected chi connectivity index (χ4v) is 6.98. The molecule has 0 aliphatic rings. The van der Waals surface area contributed by atoms with Crippen LogP contribution in [0, 0.1) is 6.92 Å². The normalized spacial score (nSPS) is 11.1. The maximum atomic E-state index is 12.9. The van der Waals surface area contributed by atoms with Gasteiger partial charge in [-0.05, 0) is 75.4 Å². The number of halogens is 6. The topological polar surface area (TPSA) is 262 Å². The number of benzene rings is 3. The molecule has 0 radical (unpaired) electrons. The van der Waals surface area contributed by atoms with Crippen LogP contribution in [-0.4, -0.2) is 92.9 Å². The van der Waals surface area contributed by atoms with Crippen LogP contribution >= 0.6 is 34.8 Å². The number of nitrogens with zero attached hydrogens (tertiary/aromatic N) is 6. The van der Waals surface area contributed by atoms with Crippen molar-refractivity contribution in [3.05, 3.63) is 127 Å². The lowest BCUT2D eigenvalue weighted by Crippen LogP contribution is -2.40. The Labute approximate surface area is 398 Å². The second kappa shape index (κ2) is 23.6. The number of aryl methyl sites for hydroxylation is 1. The van der Waals surface area contributed by atoms with Gasteiger partial charge in [0.1, 0.15) is 40.0 Å². The van der Waals surface area contributed by atoms with Gasteiger partial charge in [0, 0.05) is 24.7 Å². The number of amides is 2. The molecule has 27 heteroatoms. The van der Waals surface area contributed by atoms with Gasteiger partial charge in [-0.2, -0.15) is 28.1 Å². The van der Waals surface area contributed by atoms with E-state index in [2.05, 4.69) is 25.3 Å². The molecule has 0 fully saturated rings. The summed E-state index contributed by atoms with van der Waals surface area (Å²) in [6.45, 7) is 4.52. The summed E-state index contributed by atoms with van der Waals surface area (Å²) >= 11 is 17.5. The number of carboxylic acid groups (broad SMARTS) is 1. The Kier molecular flexibility index (Phi) is 18.6. The zero-order valence-electron chi connectivity index (χ0n) is 36.0. The highest BCUT2D eigenvalue weighted by Crippen LogP contribution is 2.30. The minimum absolute atomic E-state index is 0.0104. The standard InChI is InChI=1S/C16H14ClF3N2O4.C14H16ClN5O5S.C11H8ClNO3/c1-8(2)26-14(24)10-6-9(4-5-11(10)17)22-13(23)7-12(16(18,19)20)21(3)15(22)25;1-9-16-12(19-14(17-9)24-2)18-13(21)20-26(22,23)11-6-4-3-5-10(11)25-8-7-15;12-8-3-4-9(16-6-10(14)15)11-7(8)2-1-5-13-11/h4-8H,1-3H3;3-6H,7-8H2,1-2H3,(H2,16,17,18,19,20,21);1-5H,6H2,(H,14,15). The summed E-state index contributed by atoms with van der Waals surface area (Å²) in [5, 5.41) is 12.1. The first kappa shape index (κ1) is 53.6. The number of aliphatic carboxylic acids is 1. The van der Waals surface area contributed by atoms with Gasteiger partial charge in [0.2, 0.25) is 5.95 Å². The quantitative estimate of drug-likeness (QED) is 0.0830. The van der Waals surface area contributed by atoms with Crippen LogP contribution in [0.5, 0.6) is 17.5 Å². The lowest BCUT2D eigenvalue weighted by atomic mass is 10.2. The number of carbonyl (C=O) groups is 3. The smallest absolute Gasteiger partial charge is 0.431 e. The van der Waals surface area contributed by atoms with Gasteiger partial charge < -0.3 is 24.1 Å². The molecule has 3 aromatic carbocycles. The molecule has 3 aromatic heterocycles. The van der Waals surface area contributed by atoms with Gasteiger partial charge >= 0.3 is 35.8 Å². The number of para-hydroxylation sites is 1. The molecule has 2 amide bonds. The van der Waals surface area contributed by atoms with E-state index in [-0.39, 0.29) is 57.2 Å². The van der Waals surface area contributed by atoms with E-state index in [9.17, 15) is 45.6 Å². The molecule has 0 atom stereocenters. The van der Waals surface area contributed by atoms with E-state index in [1.54, 1.807) is 57.3 Å². The summed E-state index contributed by atoms with van der Waals surface area (Å²) in [5.74, 6) is -1.01. The lowest BCUT2D eigenvalue weighted by molar-refractivity contribution is -0.144. The zero-order valence-corrected chi connectivity index (χ0v) is 39.1. The summed E-state index contributed by atoms with van der Waals surface area (Å²) < 4.78 is 86.5. The van der Waals surface area contributed by atoms with Crippen molar-refractivity contribution >= 4 is 79.6 Å². The SMILES string of the molecule is CC(C)OC(=O)c1cc(-n2c(=O)cc(C(F)(F)F)n(C)c2=O)ccc1Cl.COc1nc(C)nc(NC(=O)NS(=O)(=O)c2ccccc2OCCCl)n1.O=C(O)COc1ccc(Cl)c2cccnc12. The van der Waals surface area contributed by atoms with E-state index >= 15 is 0 Å². The third-order valence-electron chi connectivity index (χ3n) is 8.25. The van der Waals surface area contributed by atoms with Crippen molar-refractivity contribution in [2.45, 2.75) is 37.9 Å². The number of ether oxygens (including phenoxy) is 4. The molecule has 0 saturated carbocycles. The summed E-state index contributed by atoms with van der Waals surface area (Å²) in [4.78, 5) is 74.3. The molecule has 68 heavy (non-hydrogen) atoms. The number of rotatable bonds is 13. The Hall–Kier alpha value is -7.02. The molecule has 6 rings (SSSR count). The van der Waals surface area contributed by atoms with E-state index in [0.29, 0.717) is 31.5 Å².